The molecule has 103 heavy (non-hydrogen) atoms. The summed E-state index contributed by atoms with van der Waals surface area (Å²) in [6.45, 7) is 11.2. The molecule has 11 atom stereocenters. The van der Waals surface area contributed by atoms with E-state index in [-0.39, 0.29) is 62.6 Å². The summed E-state index contributed by atoms with van der Waals surface area (Å²) in [4.78, 5) is 189. The zero-order valence-corrected chi connectivity index (χ0v) is 62.7. The third kappa shape index (κ3) is 19.6. The minimum atomic E-state index is -4.81. The van der Waals surface area contributed by atoms with Gasteiger partial charge in [-0.1, -0.05) is 113 Å². The molecule has 3 aliphatic rings. The summed E-state index contributed by atoms with van der Waals surface area (Å²) in [5.41, 5.74) is -0.375. The van der Waals surface area contributed by atoms with Crippen molar-refractivity contribution in [3.05, 3.63) is 105 Å². The first kappa shape index (κ1) is 82.8. The van der Waals surface area contributed by atoms with Gasteiger partial charge < -0.3 is 60.0 Å². The summed E-state index contributed by atoms with van der Waals surface area (Å²) < 4.78 is 41.9. The highest BCUT2D eigenvalue weighted by Gasteiger charge is 2.51. The predicted octanol–water partition coefficient (Wildman–Crippen LogP) is 5.00. The molecule has 3 fully saturated rings. The third-order valence-electron chi connectivity index (χ3n) is 21.0. The van der Waals surface area contributed by atoms with E-state index < -0.39 is 172 Å². The fourth-order valence-corrected chi connectivity index (χ4v) is 13.7. The lowest BCUT2D eigenvalue weighted by molar-refractivity contribution is -0.160. The molecule has 3 aromatic carbocycles. The molecule has 6 rings (SSSR count). The molecule has 1 spiro atoms. The van der Waals surface area contributed by atoms with E-state index >= 15 is 24.0 Å². The Labute approximate surface area is 607 Å². The third-order valence-corrected chi connectivity index (χ3v) is 21.4. The smallest absolute Gasteiger partial charge is 0.347 e. The summed E-state index contributed by atoms with van der Waals surface area (Å²) in [5.74, 6) is -10.1. The average molecular weight is 1460 g/mol. The molecule has 2 saturated heterocycles. The van der Waals surface area contributed by atoms with Crippen LogP contribution in [0.25, 0.3) is 0 Å². The number of hydrogen-bond acceptors (Lipinski definition) is 13. The summed E-state index contributed by atoms with van der Waals surface area (Å²) in [6, 6.07) is 6.28. The lowest BCUT2D eigenvalue weighted by Crippen LogP contribution is -2.65. The Balaban J connectivity index is 1.49. The van der Waals surface area contributed by atoms with Crippen LogP contribution < -0.4 is 16.0 Å². The molecule has 0 bridgehead atoms. The van der Waals surface area contributed by atoms with Gasteiger partial charge in [-0.3, -0.25) is 57.5 Å². The molecule has 0 aromatic heterocycles. The molecule has 1 unspecified atom stereocenters. The minimum absolute atomic E-state index is 0.0615. The molecule has 3 N–H and O–H groups in total. The van der Waals surface area contributed by atoms with Crippen molar-refractivity contribution >= 4 is 82.5 Å². The molecular weight excluding hydrogens is 1360 g/mol. The Morgan fingerprint density at radius 1 is 0.670 bits per heavy atom. The van der Waals surface area contributed by atoms with Gasteiger partial charge in [0, 0.05) is 82.8 Å². The number of aryl methyl sites for hydroxylation is 2. The van der Waals surface area contributed by atoms with Crippen molar-refractivity contribution in [2.45, 2.75) is 192 Å². The highest BCUT2D eigenvalue weighted by atomic mass is 35.5. The largest absolute Gasteiger partial charge is 0.417 e. The van der Waals surface area contributed by atoms with Gasteiger partial charge in [-0.15, -0.1) is 0 Å². The van der Waals surface area contributed by atoms with Crippen molar-refractivity contribution in [3.8, 4) is 6.07 Å². The van der Waals surface area contributed by atoms with Crippen LogP contribution in [0.15, 0.2) is 66.7 Å². The van der Waals surface area contributed by atoms with Crippen molar-refractivity contribution in [3.63, 3.8) is 0 Å². The summed E-state index contributed by atoms with van der Waals surface area (Å²) in [5, 5.41) is 17.6. The molecule has 562 valence electrons. The Hall–Kier alpha value is -9.13. The molecule has 0 radical (unpaired) electrons. The minimum Gasteiger partial charge on any atom is -0.347 e. The number of carbonyl (C=O) groups excluding carboxylic acids is 12. The number of amides is 12. The maximum atomic E-state index is 15.6. The second kappa shape index (κ2) is 35.4. The average Bonchev–Trinajstić information content (AvgIpc) is 1.56. The standard InChI is InChI=1S/C74H101ClF3N13O12/c1-17-44(4)61-70(101)86(12)47(7)65(96)91-36-33-55(91)69(100)88(14)57(39-49-23-21-43(3)22-24-49)68(99)84(10)42-59(92)80-54(32-30-48-29-31-52(53(75)37-48)74(76,77)78)66(97)87(13)56(38-50-25-27-51(41-79)28-26-50)64(95)82-73(34-19-20-35-73)72(103)90(16)62(45(5)18-2)71(102)89(15)58(67(98)83(8)9)40-60(93)85(11)46(6)63(94)81-61/h21-29,31,37,44-47,54-58,61-62H,17-20,30,32-36,38-40,42H2,1-16H3,(H,80,92)(H,81,94)(H,82,95)/t44-,45-,46-,47-,54-,55?,56-,57-,58-,61-,62-/m0/s1. The van der Waals surface area contributed by atoms with Crippen LogP contribution in [-0.4, -0.2) is 251 Å². The maximum absolute atomic E-state index is 15.6. The van der Waals surface area contributed by atoms with Crippen molar-refractivity contribution in [2.24, 2.45) is 11.8 Å². The number of halogens is 4. The van der Waals surface area contributed by atoms with Crippen LogP contribution >= 0.6 is 11.6 Å². The summed E-state index contributed by atoms with van der Waals surface area (Å²) in [6.07, 6.45) is -4.46. The van der Waals surface area contributed by atoms with E-state index in [1.807, 2.05) is 25.1 Å². The number of likely N-dealkylation sites (N-methyl/N-ethyl adjacent to an activating group) is 8. The summed E-state index contributed by atoms with van der Waals surface area (Å²) >= 11 is 6.18. The van der Waals surface area contributed by atoms with Gasteiger partial charge in [0.25, 0.3) is 0 Å². The van der Waals surface area contributed by atoms with E-state index in [1.54, 1.807) is 52.0 Å². The number of benzene rings is 3. The monoisotopic (exact) mass is 1460 g/mol. The van der Waals surface area contributed by atoms with E-state index in [9.17, 15) is 52.0 Å². The molecule has 29 heteroatoms. The molecule has 3 aromatic rings. The van der Waals surface area contributed by atoms with Gasteiger partial charge in [-0.25, -0.2) is 0 Å². The van der Waals surface area contributed by atoms with Gasteiger partial charge in [-0.05, 0) is 106 Å². The second-order valence-electron chi connectivity index (χ2n) is 28.2. The Kier molecular flexibility index (Phi) is 28.4. The number of nitrogens with zero attached hydrogens (tertiary/aromatic N) is 10. The molecule has 2 aliphatic heterocycles. The number of alkyl halides is 3. The normalized spacial score (nSPS) is 24.8. The molecule has 25 nitrogen and oxygen atoms in total. The van der Waals surface area contributed by atoms with Crippen molar-refractivity contribution in [1.82, 2.24) is 60.0 Å². The molecule has 2 heterocycles. The lowest BCUT2D eigenvalue weighted by Gasteiger charge is -2.45. The first-order valence-electron chi connectivity index (χ1n) is 34.9. The number of nitriles is 1. The number of rotatable bonds is 12. The van der Waals surface area contributed by atoms with Crippen LogP contribution in [0.4, 0.5) is 13.2 Å². The van der Waals surface area contributed by atoms with Crippen molar-refractivity contribution in [1.29, 1.82) is 5.26 Å². The van der Waals surface area contributed by atoms with Crippen LogP contribution in [0.2, 0.25) is 5.02 Å². The Morgan fingerprint density at radius 3 is 1.77 bits per heavy atom. The number of fused-ring (bicyclic) bond motifs is 1. The summed E-state index contributed by atoms with van der Waals surface area (Å²) in [7, 11) is 12.3. The first-order chi connectivity index (χ1) is 48.2. The van der Waals surface area contributed by atoms with Crippen LogP contribution in [0, 0.1) is 30.1 Å². The fourth-order valence-electron chi connectivity index (χ4n) is 13.4. The first-order valence-corrected chi connectivity index (χ1v) is 35.3. The van der Waals surface area contributed by atoms with Crippen molar-refractivity contribution in [2.75, 3.05) is 76.5 Å². The highest BCUT2D eigenvalue weighted by Crippen LogP contribution is 2.37. The van der Waals surface area contributed by atoms with Gasteiger partial charge in [0.1, 0.15) is 59.9 Å². The van der Waals surface area contributed by atoms with Gasteiger partial charge in [-0.2, -0.15) is 18.4 Å². The zero-order valence-electron chi connectivity index (χ0n) is 62.0. The van der Waals surface area contributed by atoms with Gasteiger partial charge >= 0.3 is 6.18 Å². The quantitative estimate of drug-likeness (QED) is 0.215. The number of carbonyl (C=O) groups is 12. The van der Waals surface area contributed by atoms with E-state index in [1.165, 1.54) is 120 Å². The van der Waals surface area contributed by atoms with E-state index in [0.29, 0.717) is 36.8 Å². The molecule has 12 amide bonds. The van der Waals surface area contributed by atoms with E-state index in [2.05, 4.69) is 16.0 Å². The molecule has 1 aliphatic carbocycles. The topological polar surface area (TPSA) is 294 Å². The van der Waals surface area contributed by atoms with Crippen LogP contribution in [0.5, 0.6) is 0 Å². The second-order valence-corrected chi connectivity index (χ2v) is 28.6. The predicted molar refractivity (Wildman–Crippen MR) is 378 cm³/mol. The van der Waals surface area contributed by atoms with Gasteiger partial charge in [0.2, 0.25) is 70.9 Å². The number of hydrogen-bond donors (Lipinski definition) is 3. The van der Waals surface area contributed by atoms with E-state index in [4.69, 9.17) is 11.6 Å². The highest BCUT2D eigenvalue weighted by molar-refractivity contribution is 6.31. The van der Waals surface area contributed by atoms with E-state index in [0.717, 1.165) is 37.3 Å². The molecule has 1 saturated carbocycles. The van der Waals surface area contributed by atoms with Crippen LogP contribution in [-0.2, 0) is 83.0 Å². The lowest BCUT2D eigenvalue weighted by atomic mass is 9.90. The maximum Gasteiger partial charge on any atom is 0.417 e. The van der Waals surface area contributed by atoms with Crippen molar-refractivity contribution < 1.29 is 70.7 Å². The SMILES string of the molecule is CC[C@H](C)[C@@H]1NC(=O)[C@H](C)N(C)C(=O)C[C@@H](C(=O)N(C)C)N(C)C(=O)[C@H]([C@@H](C)CC)N(C)C(=O)C2(CCCC2)NC(=O)[C@H](Cc2ccc(C#N)cc2)N(C)C(=O)[C@H](CCc2ccc(C(F)(F)F)c(Cl)c2)NC(=O)CN(C)C(=O)[C@H](Cc2ccc(C)cc2)N(C)C(=O)C2CCN2C(=O)[C@H](C)N(C)C1=O. The zero-order chi connectivity index (χ0) is 77.0. The van der Waals surface area contributed by atoms with Crippen LogP contribution in [0.3, 0.4) is 0 Å². The van der Waals surface area contributed by atoms with Gasteiger partial charge in [0.05, 0.1) is 35.2 Å². The molecular formula is C74H101ClF3N13O12. The Morgan fingerprint density at radius 2 is 1.23 bits per heavy atom. The fraction of sp³-hybridized carbons (Fsp3) is 0.581. The number of nitrogens with one attached hydrogen (secondary N) is 3. The van der Waals surface area contributed by atoms with Crippen LogP contribution in [0.1, 0.15) is 133 Å². The Bertz CT molecular complexity index is 3680. The van der Waals surface area contributed by atoms with Gasteiger partial charge in [0.15, 0.2) is 0 Å².